The zero-order chi connectivity index (χ0) is 16.1. The molecule has 0 aliphatic carbocycles. The summed E-state index contributed by atoms with van der Waals surface area (Å²) >= 11 is 0. The van der Waals surface area contributed by atoms with E-state index in [1.54, 1.807) is 36.5 Å². The van der Waals surface area contributed by atoms with E-state index in [-0.39, 0.29) is 18.4 Å². The van der Waals surface area contributed by atoms with Gasteiger partial charge in [-0.15, -0.1) is 0 Å². The molecule has 0 spiro atoms. The smallest absolute Gasteiger partial charge is 0.251 e. The molecule has 0 saturated heterocycles. The van der Waals surface area contributed by atoms with Crippen molar-refractivity contribution in [2.24, 2.45) is 0 Å². The van der Waals surface area contributed by atoms with E-state index in [1.165, 1.54) is 0 Å². The Bertz CT molecular complexity index is 847. The Hall–Kier alpha value is -3.21. The highest BCUT2D eigenvalue weighted by atomic mass is 16.2. The molecular formula is C18H15N3O2. The number of nitrogens with one attached hydrogen (secondary N) is 2. The Balaban J connectivity index is 1.59. The van der Waals surface area contributed by atoms with Crippen molar-refractivity contribution < 1.29 is 9.59 Å². The molecule has 2 amide bonds. The topological polar surface area (TPSA) is 71.1 Å². The number of fused-ring (bicyclic) bond motifs is 1. The second kappa shape index (κ2) is 6.70. The molecule has 0 radical (unpaired) electrons. The Kier molecular flexibility index (Phi) is 4.29. The highest BCUT2D eigenvalue weighted by molar-refractivity contribution is 6.00. The van der Waals surface area contributed by atoms with E-state index < -0.39 is 0 Å². The van der Waals surface area contributed by atoms with E-state index >= 15 is 0 Å². The lowest BCUT2D eigenvalue weighted by Gasteiger charge is -2.08. The molecule has 0 aliphatic heterocycles. The maximum Gasteiger partial charge on any atom is 0.251 e. The van der Waals surface area contributed by atoms with Gasteiger partial charge in [-0.25, -0.2) is 0 Å². The van der Waals surface area contributed by atoms with E-state index in [9.17, 15) is 9.59 Å². The third-order valence-corrected chi connectivity index (χ3v) is 3.33. The molecule has 1 heterocycles. The van der Waals surface area contributed by atoms with Gasteiger partial charge in [-0.3, -0.25) is 14.6 Å². The number of hydrogen-bond acceptors (Lipinski definition) is 3. The van der Waals surface area contributed by atoms with E-state index in [2.05, 4.69) is 15.6 Å². The lowest BCUT2D eigenvalue weighted by Crippen LogP contribution is -2.32. The summed E-state index contributed by atoms with van der Waals surface area (Å²) < 4.78 is 0. The molecule has 0 aliphatic rings. The van der Waals surface area contributed by atoms with Crippen LogP contribution in [0.2, 0.25) is 0 Å². The fraction of sp³-hybridized carbons (Fsp3) is 0.0556. The number of carbonyl (C=O) groups excluding carboxylic acids is 2. The molecule has 5 heteroatoms. The molecule has 1 aromatic heterocycles. The highest BCUT2D eigenvalue weighted by Gasteiger charge is 2.08. The summed E-state index contributed by atoms with van der Waals surface area (Å²) in [6.45, 7) is -0.0845. The van der Waals surface area contributed by atoms with Gasteiger partial charge in [-0.1, -0.05) is 24.3 Å². The van der Waals surface area contributed by atoms with Crippen molar-refractivity contribution in [3.63, 3.8) is 0 Å². The first-order chi connectivity index (χ1) is 11.2. The summed E-state index contributed by atoms with van der Waals surface area (Å²) in [5.74, 6) is -0.555. The van der Waals surface area contributed by atoms with E-state index in [4.69, 9.17) is 0 Å². The van der Waals surface area contributed by atoms with Crippen LogP contribution in [0.5, 0.6) is 0 Å². The zero-order valence-corrected chi connectivity index (χ0v) is 12.3. The minimum Gasteiger partial charge on any atom is -0.343 e. The van der Waals surface area contributed by atoms with E-state index in [1.807, 2.05) is 30.3 Å². The summed E-state index contributed by atoms with van der Waals surface area (Å²) in [5, 5.41) is 6.30. The van der Waals surface area contributed by atoms with Crippen LogP contribution in [0, 0.1) is 0 Å². The number of carbonyl (C=O) groups is 2. The molecule has 3 rings (SSSR count). The fourth-order valence-corrected chi connectivity index (χ4v) is 2.21. The number of rotatable bonds is 4. The maximum atomic E-state index is 11.9. The van der Waals surface area contributed by atoms with Gasteiger partial charge in [-0.2, -0.15) is 0 Å². The number of amides is 2. The summed E-state index contributed by atoms with van der Waals surface area (Å²) in [6.07, 6.45) is 1.72. The summed E-state index contributed by atoms with van der Waals surface area (Å²) in [7, 11) is 0. The number of benzene rings is 2. The van der Waals surface area contributed by atoms with Crippen LogP contribution in [-0.4, -0.2) is 23.3 Å². The van der Waals surface area contributed by atoms with Crippen molar-refractivity contribution in [3.8, 4) is 0 Å². The maximum absolute atomic E-state index is 11.9. The van der Waals surface area contributed by atoms with Crippen LogP contribution in [0.4, 0.5) is 5.69 Å². The second-order valence-electron chi connectivity index (χ2n) is 5.01. The highest BCUT2D eigenvalue weighted by Crippen LogP contribution is 2.16. The summed E-state index contributed by atoms with van der Waals surface area (Å²) in [4.78, 5) is 28.0. The van der Waals surface area contributed by atoms with E-state index in [0.29, 0.717) is 11.3 Å². The molecule has 0 saturated carbocycles. The molecule has 3 aromatic rings. The first-order valence-corrected chi connectivity index (χ1v) is 7.20. The molecule has 0 fully saturated rings. The Morgan fingerprint density at radius 1 is 0.957 bits per heavy atom. The van der Waals surface area contributed by atoms with Crippen LogP contribution in [0.15, 0.2) is 66.9 Å². The molecule has 0 bridgehead atoms. The van der Waals surface area contributed by atoms with Gasteiger partial charge < -0.3 is 10.6 Å². The third kappa shape index (κ3) is 3.71. The first-order valence-electron chi connectivity index (χ1n) is 7.20. The molecule has 0 unspecified atom stereocenters. The van der Waals surface area contributed by atoms with Gasteiger partial charge in [0.25, 0.3) is 5.91 Å². The van der Waals surface area contributed by atoms with Gasteiger partial charge in [-0.05, 0) is 36.4 Å². The Morgan fingerprint density at radius 3 is 2.61 bits per heavy atom. The Labute approximate surface area is 133 Å². The molecule has 114 valence electrons. The van der Waals surface area contributed by atoms with Crippen LogP contribution in [-0.2, 0) is 4.79 Å². The predicted octanol–water partition coefficient (Wildman–Crippen LogP) is 2.60. The molecule has 2 aromatic carbocycles. The van der Waals surface area contributed by atoms with Gasteiger partial charge in [0.15, 0.2) is 0 Å². The second-order valence-corrected chi connectivity index (χ2v) is 5.01. The van der Waals surface area contributed by atoms with Crippen LogP contribution in [0.25, 0.3) is 10.9 Å². The average Bonchev–Trinajstić information content (AvgIpc) is 2.60. The molecule has 23 heavy (non-hydrogen) atoms. The number of anilines is 1. The fourth-order valence-electron chi connectivity index (χ4n) is 2.21. The predicted molar refractivity (Wildman–Crippen MR) is 89.1 cm³/mol. The van der Waals surface area contributed by atoms with Crippen molar-refractivity contribution in [1.29, 1.82) is 0 Å². The molecule has 5 nitrogen and oxygen atoms in total. The lowest BCUT2D eigenvalue weighted by atomic mass is 10.2. The number of nitrogens with zero attached hydrogens (tertiary/aromatic N) is 1. The molecule has 2 N–H and O–H groups in total. The van der Waals surface area contributed by atoms with Crippen LogP contribution in [0.3, 0.4) is 0 Å². The van der Waals surface area contributed by atoms with Crippen molar-refractivity contribution in [2.75, 3.05) is 11.9 Å². The standard InChI is InChI=1S/C18H15N3O2/c22-17(12-20-18(23)13-5-2-1-3-6-13)21-15-8-9-16-14(11-15)7-4-10-19-16/h1-11H,12H2,(H,20,23)(H,21,22). The Morgan fingerprint density at radius 2 is 1.78 bits per heavy atom. The van der Waals surface area contributed by atoms with Crippen LogP contribution < -0.4 is 10.6 Å². The van der Waals surface area contributed by atoms with Crippen LogP contribution in [0.1, 0.15) is 10.4 Å². The summed E-state index contributed by atoms with van der Waals surface area (Å²) in [5.41, 5.74) is 2.06. The average molecular weight is 305 g/mol. The molecular weight excluding hydrogens is 290 g/mol. The largest absolute Gasteiger partial charge is 0.343 e. The zero-order valence-electron chi connectivity index (χ0n) is 12.3. The monoisotopic (exact) mass is 305 g/mol. The number of pyridine rings is 1. The quantitative estimate of drug-likeness (QED) is 0.778. The van der Waals surface area contributed by atoms with Gasteiger partial charge in [0.2, 0.25) is 5.91 Å². The third-order valence-electron chi connectivity index (χ3n) is 3.33. The van der Waals surface area contributed by atoms with Crippen molar-refractivity contribution in [1.82, 2.24) is 10.3 Å². The van der Waals surface area contributed by atoms with Gasteiger partial charge in [0.05, 0.1) is 12.1 Å². The lowest BCUT2D eigenvalue weighted by molar-refractivity contribution is -0.115. The SMILES string of the molecule is O=C(CNC(=O)c1ccccc1)Nc1ccc2ncccc2c1. The van der Waals surface area contributed by atoms with Gasteiger partial charge in [0, 0.05) is 22.8 Å². The summed E-state index contributed by atoms with van der Waals surface area (Å²) in [6, 6.07) is 18.0. The van der Waals surface area contributed by atoms with Crippen molar-refractivity contribution >= 4 is 28.4 Å². The van der Waals surface area contributed by atoms with Gasteiger partial charge in [0.1, 0.15) is 0 Å². The van der Waals surface area contributed by atoms with Crippen molar-refractivity contribution in [3.05, 3.63) is 72.4 Å². The number of aromatic nitrogens is 1. The molecule has 0 atom stereocenters. The normalized spacial score (nSPS) is 10.3. The minimum atomic E-state index is -0.280. The van der Waals surface area contributed by atoms with Crippen molar-refractivity contribution in [2.45, 2.75) is 0 Å². The minimum absolute atomic E-state index is 0.0845. The van der Waals surface area contributed by atoms with Crippen LogP contribution >= 0.6 is 0 Å². The van der Waals surface area contributed by atoms with E-state index in [0.717, 1.165) is 10.9 Å². The first kappa shape index (κ1) is 14.7. The van der Waals surface area contributed by atoms with Gasteiger partial charge >= 0.3 is 0 Å². The number of hydrogen-bond donors (Lipinski definition) is 2.